The van der Waals surface area contributed by atoms with Gasteiger partial charge in [-0.3, -0.25) is 19.8 Å². The number of likely N-dealkylation sites (tertiary alicyclic amines) is 1. The first-order valence-electron chi connectivity index (χ1n) is 12.9. The summed E-state index contributed by atoms with van der Waals surface area (Å²) in [6.07, 6.45) is 4.64. The van der Waals surface area contributed by atoms with E-state index < -0.39 is 11.7 Å². The first-order valence-corrected chi connectivity index (χ1v) is 13.7. The predicted octanol–water partition coefficient (Wildman–Crippen LogP) is 6.47. The van der Waals surface area contributed by atoms with Crippen molar-refractivity contribution in [2.75, 3.05) is 13.1 Å². The zero-order valence-corrected chi connectivity index (χ0v) is 22.5. The number of imidazole rings is 1. The summed E-state index contributed by atoms with van der Waals surface area (Å²) in [5, 5.41) is 7.50. The van der Waals surface area contributed by atoms with Gasteiger partial charge in [0.05, 0.1) is 27.8 Å². The fourth-order valence-corrected chi connectivity index (χ4v) is 6.22. The maximum atomic E-state index is 16.2. The monoisotopic (exact) mass is 573 g/mol. The molecule has 5 aromatic heterocycles. The van der Waals surface area contributed by atoms with Crippen LogP contribution in [-0.4, -0.2) is 59.8 Å². The molecule has 6 heterocycles. The van der Waals surface area contributed by atoms with Crippen LogP contribution in [0.5, 0.6) is 0 Å². The largest absolute Gasteiger partial charge is 0.335 e. The minimum atomic E-state index is -2.69. The number of ketones is 1. The SMILES string of the molecule is CC(=O)c1ccc(-c2ccnc3nc(-c4n[nH]c5ccc(-c6cncc(CN7CCC(F)(F)C7)c6)c(F)c45)[nH]c23)s1. The quantitative estimate of drug-likeness (QED) is 0.221. The molecule has 1 aliphatic rings. The molecule has 0 spiro atoms. The lowest BCUT2D eigenvalue weighted by Gasteiger charge is -2.16. The number of hydrogen-bond acceptors (Lipinski definition) is 7. The summed E-state index contributed by atoms with van der Waals surface area (Å²) >= 11 is 1.38. The van der Waals surface area contributed by atoms with Gasteiger partial charge in [0.15, 0.2) is 17.3 Å². The molecule has 0 bridgehead atoms. The molecule has 0 radical (unpaired) electrons. The van der Waals surface area contributed by atoms with Gasteiger partial charge < -0.3 is 4.98 Å². The summed E-state index contributed by atoms with van der Waals surface area (Å²) in [5.41, 5.74) is 4.27. The molecule has 12 heteroatoms. The van der Waals surface area contributed by atoms with E-state index in [4.69, 9.17) is 0 Å². The third-order valence-corrected chi connectivity index (χ3v) is 8.48. The first kappa shape index (κ1) is 25.5. The topological polar surface area (TPSA) is 103 Å². The van der Waals surface area contributed by atoms with Crippen LogP contribution in [0.3, 0.4) is 0 Å². The van der Waals surface area contributed by atoms with Gasteiger partial charge in [-0.25, -0.2) is 23.1 Å². The van der Waals surface area contributed by atoms with Crippen molar-refractivity contribution in [3.63, 3.8) is 0 Å². The van der Waals surface area contributed by atoms with E-state index in [1.165, 1.54) is 18.3 Å². The van der Waals surface area contributed by atoms with E-state index >= 15 is 4.39 Å². The lowest BCUT2D eigenvalue weighted by atomic mass is 10.0. The van der Waals surface area contributed by atoms with Crippen LogP contribution >= 0.6 is 11.3 Å². The standard InChI is InChI=1S/C29H22F3N7OS/c1-15(40)21-4-5-22(41-21)19-6-8-34-27-25(19)35-28(36-27)26-23-20(37-38-26)3-2-18(24(23)30)17-10-16(11-33-12-17)13-39-9-7-29(31,32)14-39/h2-6,8,10-12H,7,9,13-14H2,1H3,(H,37,38)(H,34,35,36). The maximum absolute atomic E-state index is 16.2. The van der Waals surface area contributed by atoms with Crippen LogP contribution in [0.1, 0.15) is 28.6 Å². The zero-order chi connectivity index (χ0) is 28.3. The molecular weight excluding hydrogens is 551 g/mol. The van der Waals surface area contributed by atoms with E-state index in [1.54, 1.807) is 47.8 Å². The Morgan fingerprint density at radius 2 is 2.02 bits per heavy atom. The number of rotatable bonds is 6. The van der Waals surface area contributed by atoms with Gasteiger partial charge in [-0.2, -0.15) is 5.10 Å². The number of aromatic nitrogens is 6. The average Bonchev–Trinajstić information content (AvgIpc) is 3.74. The van der Waals surface area contributed by atoms with Gasteiger partial charge in [0.25, 0.3) is 5.92 Å². The molecule has 1 aromatic carbocycles. The summed E-state index contributed by atoms with van der Waals surface area (Å²) in [6.45, 7) is 1.84. The predicted molar refractivity (Wildman–Crippen MR) is 150 cm³/mol. The Kier molecular flexibility index (Phi) is 5.98. The van der Waals surface area contributed by atoms with E-state index in [9.17, 15) is 13.6 Å². The second-order valence-corrected chi connectivity index (χ2v) is 11.3. The van der Waals surface area contributed by atoms with Crippen LogP contribution in [0.4, 0.5) is 13.2 Å². The molecule has 0 aliphatic carbocycles. The number of benzene rings is 1. The number of alkyl halides is 2. The zero-order valence-electron chi connectivity index (χ0n) is 21.7. The van der Waals surface area contributed by atoms with E-state index in [0.29, 0.717) is 57.3 Å². The van der Waals surface area contributed by atoms with Crippen LogP contribution in [0, 0.1) is 5.82 Å². The Morgan fingerprint density at radius 1 is 1.15 bits per heavy atom. The number of hydrogen-bond donors (Lipinski definition) is 2. The van der Waals surface area contributed by atoms with E-state index in [-0.39, 0.29) is 24.1 Å². The van der Waals surface area contributed by atoms with Crippen molar-refractivity contribution < 1.29 is 18.0 Å². The number of nitrogens with zero attached hydrogens (tertiary/aromatic N) is 5. The van der Waals surface area contributed by atoms with Crippen LogP contribution in [0.15, 0.2) is 55.0 Å². The van der Waals surface area contributed by atoms with Gasteiger partial charge in [0.2, 0.25) is 0 Å². The smallest absolute Gasteiger partial charge is 0.261 e. The molecular formula is C29H22F3N7OS. The summed E-state index contributed by atoms with van der Waals surface area (Å²) in [5.74, 6) is -2.86. The summed E-state index contributed by atoms with van der Waals surface area (Å²) in [6, 6.07) is 10.7. The third kappa shape index (κ3) is 4.58. The highest BCUT2D eigenvalue weighted by atomic mass is 32.1. The number of fused-ring (bicyclic) bond motifs is 2. The third-order valence-electron chi connectivity index (χ3n) is 7.26. The number of nitrogens with one attached hydrogen (secondary N) is 2. The summed E-state index contributed by atoms with van der Waals surface area (Å²) in [4.78, 5) is 31.5. The van der Waals surface area contributed by atoms with Crippen molar-refractivity contribution in [3.05, 3.63) is 71.2 Å². The first-order chi connectivity index (χ1) is 19.8. The Labute approximate surface area is 235 Å². The van der Waals surface area contributed by atoms with Gasteiger partial charge >= 0.3 is 0 Å². The van der Waals surface area contributed by atoms with E-state index in [0.717, 1.165) is 16.0 Å². The van der Waals surface area contributed by atoms with Gasteiger partial charge in [-0.1, -0.05) is 0 Å². The van der Waals surface area contributed by atoms with Crippen LogP contribution < -0.4 is 0 Å². The lowest BCUT2D eigenvalue weighted by Crippen LogP contribution is -2.24. The number of H-pyrrole nitrogens is 2. The molecule has 1 aliphatic heterocycles. The Hall–Kier alpha value is -4.42. The normalized spacial score (nSPS) is 15.3. The second kappa shape index (κ2) is 9.60. The highest BCUT2D eigenvalue weighted by molar-refractivity contribution is 7.17. The molecule has 0 unspecified atom stereocenters. The highest BCUT2D eigenvalue weighted by Crippen LogP contribution is 2.37. The number of Topliss-reactive ketones (excluding diaryl/α,β-unsaturated/α-hetero) is 1. The molecule has 0 atom stereocenters. The molecule has 2 N–H and O–H groups in total. The fraction of sp³-hybridized carbons (Fsp3) is 0.207. The summed E-state index contributed by atoms with van der Waals surface area (Å²) in [7, 11) is 0. The van der Waals surface area contributed by atoms with Crippen molar-refractivity contribution in [1.29, 1.82) is 0 Å². The van der Waals surface area contributed by atoms with Gasteiger partial charge in [0, 0.05) is 59.7 Å². The lowest BCUT2D eigenvalue weighted by molar-refractivity contribution is 0.0115. The molecule has 206 valence electrons. The number of aromatic amines is 2. The molecule has 6 aromatic rings. The van der Waals surface area contributed by atoms with Crippen LogP contribution in [0.2, 0.25) is 0 Å². The van der Waals surface area contributed by atoms with E-state index in [2.05, 4.69) is 30.1 Å². The molecule has 1 fully saturated rings. The number of carbonyl (C=O) groups excluding carboxylic acids is 1. The van der Waals surface area contributed by atoms with Gasteiger partial charge in [0.1, 0.15) is 11.5 Å². The molecule has 41 heavy (non-hydrogen) atoms. The van der Waals surface area contributed by atoms with Gasteiger partial charge in [-0.15, -0.1) is 11.3 Å². The van der Waals surface area contributed by atoms with E-state index in [1.807, 2.05) is 12.1 Å². The minimum absolute atomic E-state index is 0.00977. The van der Waals surface area contributed by atoms with Crippen molar-refractivity contribution in [2.24, 2.45) is 0 Å². The Balaban J connectivity index is 1.27. The van der Waals surface area contributed by atoms with Crippen molar-refractivity contribution in [3.8, 4) is 33.1 Å². The molecule has 1 saturated heterocycles. The minimum Gasteiger partial charge on any atom is -0.335 e. The van der Waals surface area contributed by atoms with Gasteiger partial charge in [-0.05, 0) is 48.9 Å². The van der Waals surface area contributed by atoms with Crippen molar-refractivity contribution >= 4 is 39.2 Å². The number of carbonyl (C=O) groups is 1. The molecule has 0 amide bonds. The number of pyridine rings is 2. The van der Waals surface area contributed by atoms with Crippen molar-refractivity contribution in [1.82, 2.24) is 35.0 Å². The molecule has 0 saturated carbocycles. The van der Waals surface area contributed by atoms with Crippen molar-refractivity contribution in [2.45, 2.75) is 25.8 Å². The molecule has 8 nitrogen and oxygen atoms in total. The number of thiophene rings is 1. The Bertz CT molecular complexity index is 1960. The maximum Gasteiger partial charge on any atom is 0.261 e. The Morgan fingerprint density at radius 3 is 2.80 bits per heavy atom. The van der Waals surface area contributed by atoms with Crippen LogP contribution in [0.25, 0.3) is 55.2 Å². The van der Waals surface area contributed by atoms with Crippen LogP contribution in [-0.2, 0) is 6.54 Å². The average molecular weight is 574 g/mol. The number of halogens is 3. The fourth-order valence-electron chi connectivity index (χ4n) is 5.29. The molecule has 7 rings (SSSR count). The summed E-state index contributed by atoms with van der Waals surface area (Å²) < 4.78 is 43.5. The highest BCUT2D eigenvalue weighted by Gasteiger charge is 2.38. The second-order valence-electron chi connectivity index (χ2n) is 10.2.